The van der Waals surface area contributed by atoms with Crippen LogP contribution in [0.2, 0.25) is 0 Å². The molecule has 0 aromatic rings. The van der Waals surface area contributed by atoms with E-state index in [2.05, 4.69) is 32.6 Å². The summed E-state index contributed by atoms with van der Waals surface area (Å²) in [6.07, 6.45) is 5.86. The lowest BCUT2D eigenvalue weighted by Gasteiger charge is -2.28. The third-order valence-corrected chi connectivity index (χ3v) is 4.13. The predicted molar refractivity (Wildman–Crippen MR) is 83.5 cm³/mol. The topological polar surface area (TPSA) is 53.1 Å². The van der Waals surface area contributed by atoms with Crippen LogP contribution < -0.4 is 5.73 Å². The second-order valence-corrected chi connectivity index (χ2v) is 7.34. The minimum atomic E-state index is 0.347. The molecular weight excluding hydrogens is 234 g/mol. The molecule has 0 radical (unpaired) electrons. The highest BCUT2D eigenvalue weighted by Gasteiger charge is 2.44. The number of amidine groups is 1. The Morgan fingerprint density at radius 3 is 1.89 bits per heavy atom. The van der Waals surface area contributed by atoms with E-state index in [0.29, 0.717) is 11.3 Å². The largest absolute Gasteiger partial charge is 0.388 e. The lowest BCUT2D eigenvalue weighted by Crippen LogP contribution is -2.35. The molecule has 0 spiro atoms. The molecule has 0 atom stereocenters. The fourth-order valence-electron chi connectivity index (χ4n) is 2.60. The van der Waals surface area contributed by atoms with Gasteiger partial charge in [0.15, 0.2) is 0 Å². The van der Waals surface area contributed by atoms with Gasteiger partial charge in [-0.1, -0.05) is 27.7 Å². The molecule has 3 heteroatoms. The van der Waals surface area contributed by atoms with Crippen molar-refractivity contribution in [3.05, 3.63) is 0 Å². The van der Waals surface area contributed by atoms with E-state index in [1.165, 1.54) is 38.8 Å². The van der Waals surface area contributed by atoms with Crippen molar-refractivity contribution >= 4 is 5.84 Å². The van der Waals surface area contributed by atoms with Crippen LogP contribution in [0.25, 0.3) is 0 Å². The Kier molecular flexibility index (Phi) is 6.31. The molecule has 0 unspecified atom stereocenters. The smallest absolute Gasteiger partial charge is 0.0911 e. The van der Waals surface area contributed by atoms with Crippen molar-refractivity contribution < 1.29 is 0 Å². The second-order valence-electron chi connectivity index (χ2n) is 7.34. The summed E-state index contributed by atoms with van der Waals surface area (Å²) in [6.45, 7) is 12.7. The second kappa shape index (κ2) is 7.28. The highest BCUT2D eigenvalue weighted by molar-refractivity contribution is 5.78. The molecule has 112 valence electrons. The van der Waals surface area contributed by atoms with Gasteiger partial charge in [-0.2, -0.15) is 0 Å². The van der Waals surface area contributed by atoms with E-state index in [-0.39, 0.29) is 0 Å². The zero-order chi connectivity index (χ0) is 14.5. The summed E-state index contributed by atoms with van der Waals surface area (Å²) < 4.78 is 0. The number of hydrogen-bond acceptors (Lipinski definition) is 2. The Bertz CT molecular complexity index is 268. The van der Waals surface area contributed by atoms with Gasteiger partial charge >= 0.3 is 0 Å². The first-order chi connectivity index (χ1) is 8.83. The normalized spacial score (nSPS) is 17.4. The van der Waals surface area contributed by atoms with Gasteiger partial charge in [-0.05, 0) is 56.0 Å². The van der Waals surface area contributed by atoms with Gasteiger partial charge in [-0.3, -0.25) is 5.41 Å². The van der Waals surface area contributed by atoms with Gasteiger partial charge in [0.1, 0.15) is 0 Å². The van der Waals surface area contributed by atoms with Crippen molar-refractivity contribution in [2.75, 3.05) is 19.6 Å². The van der Waals surface area contributed by atoms with Crippen molar-refractivity contribution in [2.24, 2.45) is 23.0 Å². The third kappa shape index (κ3) is 6.95. The Balaban J connectivity index is 2.45. The van der Waals surface area contributed by atoms with Crippen LogP contribution in [0.4, 0.5) is 0 Å². The van der Waals surface area contributed by atoms with Gasteiger partial charge in [0.25, 0.3) is 0 Å². The Morgan fingerprint density at radius 2 is 1.58 bits per heavy atom. The molecule has 3 N–H and O–H groups in total. The molecule has 3 nitrogen and oxygen atoms in total. The molecule has 1 aliphatic carbocycles. The minimum Gasteiger partial charge on any atom is -0.388 e. The lowest BCUT2D eigenvalue weighted by molar-refractivity contribution is 0.201. The quantitative estimate of drug-likeness (QED) is 0.470. The van der Waals surface area contributed by atoms with Gasteiger partial charge in [-0.15, -0.1) is 0 Å². The fourth-order valence-corrected chi connectivity index (χ4v) is 2.60. The molecule has 0 aromatic carbocycles. The van der Waals surface area contributed by atoms with Crippen molar-refractivity contribution in [3.63, 3.8) is 0 Å². The molecular formula is C16H33N3. The molecule has 0 aromatic heterocycles. The fraction of sp³-hybridized carbons (Fsp3) is 0.938. The van der Waals surface area contributed by atoms with Crippen LogP contribution in [-0.4, -0.2) is 30.4 Å². The first-order valence-corrected chi connectivity index (χ1v) is 7.88. The van der Waals surface area contributed by atoms with Crippen LogP contribution in [0.1, 0.15) is 59.8 Å². The minimum absolute atomic E-state index is 0.347. The summed E-state index contributed by atoms with van der Waals surface area (Å²) in [4.78, 5) is 2.62. The van der Waals surface area contributed by atoms with Crippen LogP contribution in [-0.2, 0) is 0 Å². The van der Waals surface area contributed by atoms with Crippen LogP contribution in [0.3, 0.4) is 0 Å². The molecule has 1 aliphatic rings. The summed E-state index contributed by atoms with van der Waals surface area (Å²) in [5.41, 5.74) is 5.95. The van der Waals surface area contributed by atoms with E-state index in [4.69, 9.17) is 11.1 Å². The molecule has 0 bridgehead atoms. The highest BCUT2D eigenvalue weighted by Crippen LogP contribution is 2.49. The first kappa shape index (κ1) is 16.5. The van der Waals surface area contributed by atoms with E-state index < -0.39 is 0 Å². The standard InChI is InChI=1S/C16H33N3/c1-13(2)5-9-19(10-6-14(3)4)12-16(7-8-16)11-15(17)18/h13-14H,5-12H2,1-4H3,(H3,17,18). The number of hydrogen-bond donors (Lipinski definition) is 2. The summed E-state index contributed by atoms with van der Waals surface area (Å²) in [7, 11) is 0. The zero-order valence-corrected chi connectivity index (χ0v) is 13.3. The van der Waals surface area contributed by atoms with Crippen molar-refractivity contribution in [2.45, 2.75) is 59.8 Å². The van der Waals surface area contributed by atoms with Crippen molar-refractivity contribution in [3.8, 4) is 0 Å². The van der Waals surface area contributed by atoms with Crippen LogP contribution in [0, 0.1) is 22.7 Å². The SMILES string of the molecule is CC(C)CCN(CCC(C)C)CC1(CC(=N)N)CC1. The summed E-state index contributed by atoms with van der Waals surface area (Å²) >= 11 is 0. The van der Waals surface area contributed by atoms with E-state index >= 15 is 0 Å². The van der Waals surface area contributed by atoms with E-state index in [1.807, 2.05) is 0 Å². The maximum absolute atomic E-state index is 7.53. The van der Waals surface area contributed by atoms with Crippen LogP contribution in [0.15, 0.2) is 0 Å². The first-order valence-electron chi connectivity index (χ1n) is 7.88. The molecule has 1 fully saturated rings. The molecule has 1 rings (SSSR count). The van der Waals surface area contributed by atoms with Gasteiger partial charge < -0.3 is 10.6 Å². The average molecular weight is 267 g/mol. The average Bonchev–Trinajstić information content (AvgIpc) is 3.00. The Hall–Kier alpha value is -0.570. The highest BCUT2D eigenvalue weighted by atomic mass is 15.1. The van der Waals surface area contributed by atoms with Gasteiger partial charge in [-0.25, -0.2) is 0 Å². The van der Waals surface area contributed by atoms with E-state index in [1.54, 1.807) is 0 Å². The molecule has 0 saturated heterocycles. The summed E-state index contributed by atoms with van der Waals surface area (Å²) in [5, 5.41) is 7.53. The Labute approximate surface area is 119 Å². The maximum atomic E-state index is 7.53. The zero-order valence-electron chi connectivity index (χ0n) is 13.3. The number of nitrogens with zero attached hydrogens (tertiary/aromatic N) is 1. The lowest BCUT2D eigenvalue weighted by atomic mass is 9.99. The molecule has 0 heterocycles. The van der Waals surface area contributed by atoms with Crippen LogP contribution >= 0.6 is 0 Å². The molecule has 19 heavy (non-hydrogen) atoms. The van der Waals surface area contributed by atoms with Crippen LogP contribution in [0.5, 0.6) is 0 Å². The third-order valence-electron chi connectivity index (χ3n) is 4.13. The number of nitrogens with two attached hydrogens (primary N) is 1. The summed E-state index contributed by atoms with van der Waals surface area (Å²) in [5.74, 6) is 1.90. The molecule has 0 amide bonds. The maximum Gasteiger partial charge on any atom is 0.0911 e. The van der Waals surface area contributed by atoms with E-state index in [9.17, 15) is 0 Å². The Morgan fingerprint density at radius 1 is 1.11 bits per heavy atom. The molecule has 0 aliphatic heterocycles. The van der Waals surface area contributed by atoms with Gasteiger partial charge in [0, 0.05) is 13.0 Å². The predicted octanol–water partition coefficient (Wildman–Crippen LogP) is 3.49. The van der Waals surface area contributed by atoms with E-state index in [0.717, 1.165) is 24.8 Å². The molecule has 1 saturated carbocycles. The monoisotopic (exact) mass is 267 g/mol. The van der Waals surface area contributed by atoms with Gasteiger partial charge in [0.2, 0.25) is 0 Å². The van der Waals surface area contributed by atoms with Crippen molar-refractivity contribution in [1.82, 2.24) is 4.90 Å². The number of rotatable bonds is 10. The van der Waals surface area contributed by atoms with Crippen molar-refractivity contribution in [1.29, 1.82) is 5.41 Å². The number of nitrogens with one attached hydrogen (secondary N) is 1. The summed E-state index contributed by atoms with van der Waals surface area (Å²) in [6, 6.07) is 0. The van der Waals surface area contributed by atoms with Gasteiger partial charge in [0.05, 0.1) is 5.84 Å².